The van der Waals surface area contributed by atoms with E-state index in [0.717, 1.165) is 22.8 Å². The molecule has 7 nitrogen and oxygen atoms in total. The number of aromatic nitrogens is 2. The first-order valence-corrected chi connectivity index (χ1v) is 10.6. The van der Waals surface area contributed by atoms with Crippen LogP contribution in [0.5, 0.6) is 11.6 Å². The number of aryl methyl sites for hydroxylation is 1. The molecule has 0 unspecified atom stereocenters. The summed E-state index contributed by atoms with van der Waals surface area (Å²) in [6.45, 7) is 3.05. The Morgan fingerprint density at radius 3 is 2.52 bits per heavy atom. The number of halogens is 4. The van der Waals surface area contributed by atoms with Crippen molar-refractivity contribution in [1.82, 2.24) is 14.9 Å². The van der Waals surface area contributed by atoms with Crippen LogP contribution in [0.4, 0.5) is 13.2 Å². The molecule has 3 aromatic rings. The third-order valence-electron chi connectivity index (χ3n) is 4.45. The molecule has 0 saturated carbocycles. The molecule has 0 spiro atoms. The second kappa shape index (κ2) is 10.5. The summed E-state index contributed by atoms with van der Waals surface area (Å²) in [5, 5.41) is 2.56. The van der Waals surface area contributed by atoms with Crippen LogP contribution >= 0.6 is 15.9 Å². The number of hydrogen-bond donors (Lipinski definition) is 1. The summed E-state index contributed by atoms with van der Waals surface area (Å²) in [6, 6.07) is 6.93. The molecule has 3 rings (SSSR count). The number of nitrogens with one attached hydrogen (secondary N) is 1. The molecule has 174 valence electrons. The maximum Gasteiger partial charge on any atom is 0.276 e. The topological polar surface area (TPSA) is 82.4 Å². The van der Waals surface area contributed by atoms with E-state index in [1.54, 1.807) is 6.92 Å². The average molecular weight is 526 g/mol. The van der Waals surface area contributed by atoms with Gasteiger partial charge < -0.3 is 14.8 Å². The maximum absolute atomic E-state index is 14.2. The molecule has 0 aliphatic carbocycles. The van der Waals surface area contributed by atoms with Crippen LogP contribution in [0, 0.1) is 24.4 Å². The van der Waals surface area contributed by atoms with E-state index in [2.05, 4.69) is 26.2 Å². The quantitative estimate of drug-likeness (QED) is 0.483. The van der Waals surface area contributed by atoms with E-state index in [1.807, 2.05) is 0 Å². The zero-order valence-electron chi connectivity index (χ0n) is 17.6. The number of ether oxygens (including phenoxy) is 2. The maximum atomic E-state index is 14.2. The Balaban J connectivity index is 1.87. The highest BCUT2D eigenvalue weighted by Crippen LogP contribution is 2.26. The number of hydrogen-bond acceptors (Lipinski definition) is 5. The van der Waals surface area contributed by atoms with Crippen molar-refractivity contribution in [1.29, 1.82) is 0 Å². The van der Waals surface area contributed by atoms with Gasteiger partial charge in [0.05, 0.1) is 0 Å². The summed E-state index contributed by atoms with van der Waals surface area (Å²) < 4.78 is 53.7. The van der Waals surface area contributed by atoms with Crippen LogP contribution in [-0.4, -0.2) is 28.6 Å². The minimum atomic E-state index is -0.928. The number of nitrogens with zero attached hydrogens (tertiary/aromatic N) is 2. The lowest BCUT2D eigenvalue weighted by atomic mass is 10.2. The van der Waals surface area contributed by atoms with Gasteiger partial charge >= 0.3 is 0 Å². The van der Waals surface area contributed by atoms with E-state index < -0.39 is 28.7 Å². The van der Waals surface area contributed by atoms with Gasteiger partial charge in [0.25, 0.3) is 11.5 Å². The van der Waals surface area contributed by atoms with Crippen LogP contribution < -0.4 is 20.3 Å². The van der Waals surface area contributed by atoms with Gasteiger partial charge in [-0.15, -0.1) is 0 Å². The molecule has 0 aliphatic rings. The molecule has 0 atom stereocenters. The van der Waals surface area contributed by atoms with Crippen LogP contribution in [0.2, 0.25) is 0 Å². The lowest BCUT2D eigenvalue weighted by Crippen LogP contribution is -2.28. The number of carbonyl (C=O) groups is 1. The summed E-state index contributed by atoms with van der Waals surface area (Å²) in [6.07, 6.45) is 0. The van der Waals surface area contributed by atoms with E-state index in [1.165, 1.54) is 25.1 Å². The predicted octanol–water partition coefficient (Wildman–Crippen LogP) is 3.81. The fourth-order valence-electron chi connectivity index (χ4n) is 2.96. The Morgan fingerprint density at radius 2 is 1.85 bits per heavy atom. The number of benzene rings is 2. The molecule has 1 heterocycles. The Hall–Kier alpha value is -3.34. The van der Waals surface area contributed by atoms with Gasteiger partial charge in [-0.25, -0.2) is 13.2 Å². The molecular weight excluding hydrogens is 507 g/mol. The molecule has 33 heavy (non-hydrogen) atoms. The molecule has 1 N–H and O–H groups in total. The lowest BCUT2D eigenvalue weighted by Gasteiger charge is -2.15. The number of rotatable bonds is 8. The first kappa shape index (κ1) is 24.3. The minimum absolute atomic E-state index is 0.0194. The summed E-state index contributed by atoms with van der Waals surface area (Å²) in [7, 11) is 0. The first-order valence-electron chi connectivity index (χ1n) is 9.77. The van der Waals surface area contributed by atoms with Crippen molar-refractivity contribution in [3.05, 3.63) is 80.1 Å². The fraction of sp³-hybridized carbons (Fsp3) is 0.227. The largest absolute Gasteiger partial charge is 0.483 e. The second-order valence-electron chi connectivity index (χ2n) is 6.77. The van der Waals surface area contributed by atoms with Crippen LogP contribution in [0.1, 0.15) is 18.3 Å². The molecule has 0 bridgehead atoms. The van der Waals surface area contributed by atoms with Gasteiger partial charge in [0.1, 0.15) is 45.8 Å². The van der Waals surface area contributed by atoms with E-state index in [4.69, 9.17) is 9.47 Å². The highest BCUT2D eigenvalue weighted by Gasteiger charge is 2.20. The highest BCUT2D eigenvalue weighted by atomic mass is 79.9. The highest BCUT2D eigenvalue weighted by molar-refractivity contribution is 9.10. The molecule has 11 heteroatoms. The number of para-hydroxylation sites is 1. The van der Waals surface area contributed by atoms with E-state index in [9.17, 15) is 22.8 Å². The number of amides is 1. The van der Waals surface area contributed by atoms with Crippen molar-refractivity contribution in [3.63, 3.8) is 0 Å². The van der Waals surface area contributed by atoms with Crippen molar-refractivity contribution in [2.45, 2.75) is 20.5 Å². The second-order valence-corrected chi connectivity index (χ2v) is 7.56. The zero-order valence-corrected chi connectivity index (χ0v) is 19.2. The summed E-state index contributed by atoms with van der Waals surface area (Å²) in [5.74, 6) is -2.88. The smallest absolute Gasteiger partial charge is 0.276 e. The standard InChI is InChI=1S/C22H19BrF3N3O4/c1-3-27-18(30)11-32-17-9-14(24)8-7-13(17)10-33-21-19(23)22(31)29(12(2)28-21)20-15(25)5-4-6-16(20)26/h4-9H,3,10-11H2,1-2H3,(H,27,30). The molecule has 0 aliphatic heterocycles. The Labute approximate surface area is 195 Å². The van der Waals surface area contributed by atoms with Gasteiger partial charge in [-0.05, 0) is 54.0 Å². The van der Waals surface area contributed by atoms with Crippen molar-refractivity contribution in [3.8, 4) is 17.3 Å². The molecule has 1 amide bonds. The van der Waals surface area contributed by atoms with Gasteiger partial charge in [0.15, 0.2) is 6.61 Å². The number of carbonyl (C=O) groups excluding carboxylic acids is 1. The lowest BCUT2D eigenvalue weighted by molar-refractivity contribution is -0.123. The van der Waals surface area contributed by atoms with Crippen molar-refractivity contribution >= 4 is 21.8 Å². The summed E-state index contributed by atoms with van der Waals surface area (Å²) >= 11 is 3.07. The van der Waals surface area contributed by atoms with Crippen molar-refractivity contribution in [2.24, 2.45) is 0 Å². The third-order valence-corrected chi connectivity index (χ3v) is 5.13. The summed E-state index contributed by atoms with van der Waals surface area (Å²) in [4.78, 5) is 28.6. The van der Waals surface area contributed by atoms with Gasteiger partial charge in [0.2, 0.25) is 5.88 Å². The molecular formula is C22H19BrF3N3O4. The van der Waals surface area contributed by atoms with Crippen LogP contribution in [0.3, 0.4) is 0 Å². The van der Waals surface area contributed by atoms with Crippen LogP contribution in [-0.2, 0) is 11.4 Å². The van der Waals surface area contributed by atoms with Gasteiger partial charge in [-0.3, -0.25) is 14.2 Å². The average Bonchev–Trinajstić information content (AvgIpc) is 2.77. The van der Waals surface area contributed by atoms with Crippen LogP contribution in [0.15, 0.2) is 45.7 Å². The Morgan fingerprint density at radius 1 is 1.15 bits per heavy atom. The SMILES string of the molecule is CCNC(=O)COc1cc(F)ccc1COc1nc(C)n(-c2c(F)cccc2F)c(=O)c1Br. The zero-order chi connectivity index (χ0) is 24.1. The van der Waals surface area contributed by atoms with Crippen molar-refractivity contribution in [2.75, 3.05) is 13.2 Å². The van der Waals surface area contributed by atoms with Gasteiger partial charge in [-0.1, -0.05) is 6.07 Å². The minimum Gasteiger partial charge on any atom is -0.483 e. The molecule has 0 radical (unpaired) electrons. The van der Waals surface area contributed by atoms with Gasteiger partial charge in [-0.2, -0.15) is 4.98 Å². The molecule has 1 aromatic heterocycles. The van der Waals surface area contributed by atoms with Crippen LogP contribution in [0.25, 0.3) is 5.69 Å². The fourth-order valence-corrected chi connectivity index (χ4v) is 3.34. The third kappa shape index (κ3) is 5.54. The molecule has 2 aromatic carbocycles. The molecule has 0 saturated heterocycles. The Kier molecular flexibility index (Phi) is 7.75. The number of likely N-dealkylation sites (N-methyl/N-ethyl adjacent to an activating group) is 1. The van der Waals surface area contributed by atoms with Crippen molar-refractivity contribution < 1.29 is 27.4 Å². The predicted molar refractivity (Wildman–Crippen MR) is 117 cm³/mol. The Bertz CT molecular complexity index is 1230. The first-order chi connectivity index (χ1) is 15.7. The monoisotopic (exact) mass is 525 g/mol. The summed E-state index contributed by atoms with van der Waals surface area (Å²) in [5.41, 5.74) is -0.955. The molecule has 0 fully saturated rings. The van der Waals surface area contributed by atoms with Gasteiger partial charge in [0, 0.05) is 18.2 Å². The van der Waals surface area contributed by atoms with E-state index in [0.29, 0.717) is 12.1 Å². The van der Waals surface area contributed by atoms with E-state index in [-0.39, 0.29) is 41.0 Å². The normalized spacial score (nSPS) is 10.7. The van der Waals surface area contributed by atoms with E-state index >= 15 is 0 Å².